The summed E-state index contributed by atoms with van der Waals surface area (Å²) in [6.07, 6.45) is -3.81. The lowest BCUT2D eigenvalue weighted by atomic mass is 10.3. The molecule has 3 nitrogen and oxygen atoms in total. The molecule has 0 bridgehead atoms. The van der Waals surface area contributed by atoms with Crippen LogP contribution in [0.5, 0.6) is 0 Å². The standard InChI is InChI=1S/C7H10F4N2O/c8-6(9)7(10,11)3-13-2-4(12)1-5(13)14/h4,6H,1-3,12H2. The Morgan fingerprint density at radius 2 is 2.14 bits per heavy atom. The summed E-state index contributed by atoms with van der Waals surface area (Å²) < 4.78 is 48.6. The average molecular weight is 214 g/mol. The van der Waals surface area contributed by atoms with Gasteiger partial charge in [0.15, 0.2) is 0 Å². The maximum Gasteiger partial charge on any atom is 0.324 e. The van der Waals surface area contributed by atoms with Gasteiger partial charge in [-0.1, -0.05) is 0 Å². The van der Waals surface area contributed by atoms with Crippen molar-refractivity contribution >= 4 is 5.91 Å². The summed E-state index contributed by atoms with van der Waals surface area (Å²) in [5, 5.41) is 0. The third kappa shape index (κ3) is 2.34. The van der Waals surface area contributed by atoms with Gasteiger partial charge in [-0.15, -0.1) is 0 Å². The van der Waals surface area contributed by atoms with Crippen LogP contribution in [0.4, 0.5) is 17.6 Å². The summed E-state index contributed by atoms with van der Waals surface area (Å²) in [7, 11) is 0. The predicted molar refractivity (Wildman–Crippen MR) is 40.1 cm³/mol. The monoisotopic (exact) mass is 214 g/mol. The first-order valence-electron chi connectivity index (χ1n) is 4.02. The molecule has 1 heterocycles. The molecule has 1 atom stereocenters. The highest BCUT2D eigenvalue weighted by atomic mass is 19.3. The lowest BCUT2D eigenvalue weighted by Gasteiger charge is -2.22. The number of amides is 1. The Bertz CT molecular complexity index is 234. The SMILES string of the molecule is NC1CC(=O)N(CC(F)(F)C(F)F)C1. The van der Waals surface area contributed by atoms with Crippen molar-refractivity contribution in [2.24, 2.45) is 5.73 Å². The Labute approximate surface area is 77.8 Å². The molecule has 1 amide bonds. The Morgan fingerprint density at radius 3 is 2.50 bits per heavy atom. The Hall–Kier alpha value is -0.850. The van der Waals surface area contributed by atoms with Gasteiger partial charge in [-0.25, -0.2) is 8.78 Å². The second-order valence-electron chi connectivity index (χ2n) is 3.30. The fraction of sp³-hybridized carbons (Fsp3) is 0.857. The van der Waals surface area contributed by atoms with E-state index in [1.807, 2.05) is 0 Å². The van der Waals surface area contributed by atoms with Gasteiger partial charge in [0.1, 0.15) is 0 Å². The number of likely N-dealkylation sites (tertiary alicyclic amines) is 1. The zero-order valence-electron chi connectivity index (χ0n) is 7.22. The van der Waals surface area contributed by atoms with Crippen LogP contribution in [-0.2, 0) is 4.79 Å². The van der Waals surface area contributed by atoms with E-state index in [4.69, 9.17) is 5.73 Å². The summed E-state index contributed by atoms with van der Waals surface area (Å²) in [6, 6.07) is -0.532. The molecular weight excluding hydrogens is 204 g/mol. The van der Waals surface area contributed by atoms with Crippen LogP contribution in [0.3, 0.4) is 0 Å². The molecule has 1 saturated heterocycles. The van der Waals surface area contributed by atoms with E-state index in [-0.39, 0.29) is 13.0 Å². The maximum absolute atomic E-state index is 12.5. The second kappa shape index (κ2) is 3.72. The van der Waals surface area contributed by atoms with E-state index < -0.39 is 30.8 Å². The van der Waals surface area contributed by atoms with Gasteiger partial charge in [-0.3, -0.25) is 4.79 Å². The van der Waals surface area contributed by atoms with Crippen molar-refractivity contribution in [3.63, 3.8) is 0 Å². The molecule has 1 fully saturated rings. The first kappa shape index (κ1) is 11.2. The van der Waals surface area contributed by atoms with Gasteiger partial charge in [0.2, 0.25) is 5.91 Å². The minimum absolute atomic E-state index is 0.0562. The van der Waals surface area contributed by atoms with Crippen LogP contribution in [0.1, 0.15) is 6.42 Å². The average Bonchev–Trinajstić information content (AvgIpc) is 2.29. The second-order valence-corrected chi connectivity index (χ2v) is 3.30. The van der Waals surface area contributed by atoms with E-state index in [1.54, 1.807) is 0 Å². The lowest BCUT2D eigenvalue weighted by molar-refractivity contribution is -0.153. The van der Waals surface area contributed by atoms with E-state index >= 15 is 0 Å². The normalized spacial score (nSPS) is 23.7. The zero-order chi connectivity index (χ0) is 10.9. The molecular formula is C7H10F4N2O. The molecule has 0 aromatic rings. The van der Waals surface area contributed by atoms with Crippen molar-refractivity contribution in [2.75, 3.05) is 13.1 Å². The summed E-state index contributed by atoms with van der Waals surface area (Å²) in [6.45, 7) is -1.33. The number of rotatable bonds is 3. The van der Waals surface area contributed by atoms with E-state index in [9.17, 15) is 22.4 Å². The van der Waals surface area contributed by atoms with Crippen LogP contribution in [0.2, 0.25) is 0 Å². The lowest BCUT2D eigenvalue weighted by Crippen LogP contribution is -2.43. The molecule has 1 rings (SSSR count). The van der Waals surface area contributed by atoms with Crippen molar-refractivity contribution in [1.82, 2.24) is 4.90 Å². The van der Waals surface area contributed by atoms with Gasteiger partial charge in [0, 0.05) is 19.0 Å². The van der Waals surface area contributed by atoms with Crippen LogP contribution < -0.4 is 5.73 Å². The molecule has 0 radical (unpaired) electrons. The molecule has 0 aromatic carbocycles. The van der Waals surface area contributed by atoms with Crippen LogP contribution >= 0.6 is 0 Å². The highest BCUT2D eigenvalue weighted by molar-refractivity contribution is 5.79. The highest BCUT2D eigenvalue weighted by Gasteiger charge is 2.44. The smallest absolute Gasteiger partial charge is 0.324 e. The first-order chi connectivity index (χ1) is 6.33. The predicted octanol–water partition coefficient (Wildman–Crippen LogP) is 0.446. The molecule has 1 aliphatic heterocycles. The molecule has 1 aliphatic rings. The number of carbonyl (C=O) groups is 1. The maximum atomic E-state index is 12.5. The minimum atomic E-state index is -4.15. The van der Waals surface area contributed by atoms with E-state index in [0.29, 0.717) is 4.90 Å². The Balaban J connectivity index is 2.56. The zero-order valence-corrected chi connectivity index (χ0v) is 7.22. The van der Waals surface area contributed by atoms with Crippen molar-refractivity contribution in [3.8, 4) is 0 Å². The fourth-order valence-electron chi connectivity index (χ4n) is 1.28. The number of hydrogen-bond acceptors (Lipinski definition) is 2. The number of hydrogen-bond donors (Lipinski definition) is 1. The van der Waals surface area contributed by atoms with Crippen molar-refractivity contribution in [1.29, 1.82) is 0 Å². The molecule has 2 N–H and O–H groups in total. The molecule has 1 unspecified atom stereocenters. The first-order valence-corrected chi connectivity index (χ1v) is 4.02. The van der Waals surface area contributed by atoms with E-state index in [0.717, 1.165) is 0 Å². The number of nitrogens with zero attached hydrogens (tertiary/aromatic N) is 1. The fourth-order valence-corrected chi connectivity index (χ4v) is 1.28. The summed E-state index contributed by atoms with van der Waals surface area (Å²) in [4.78, 5) is 11.6. The van der Waals surface area contributed by atoms with Gasteiger partial charge in [0.05, 0.1) is 6.54 Å². The third-order valence-electron chi connectivity index (χ3n) is 1.97. The largest absolute Gasteiger partial charge is 0.335 e. The van der Waals surface area contributed by atoms with Gasteiger partial charge in [-0.05, 0) is 0 Å². The minimum Gasteiger partial charge on any atom is -0.335 e. The van der Waals surface area contributed by atoms with Crippen LogP contribution in [0.15, 0.2) is 0 Å². The summed E-state index contributed by atoms with van der Waals surface area (Å²) in [5.41, 5.74) is 5.32. The number of carbonyl (C=O) groups excluding carboxylic acids is 1. The molecule has 0 saturated carbocycles. The number of halogens is 4. The molecule has 82 valence electrons. The molecule has 14 heavy (non-hydrogen) atoms. The van der Waals surface area contributed by atoms with E-state index in [1.165, 1.54) is 0 Å². The van der Waals surface area contributed by atoms with Crippen LogP contribution in [0, 0.1) is 0 Å². The summed E-state index contributed by atoms with van der Waals surface area (Å²) in [5.74, 6) is -4.75. The number of alkyl halides is 4. The molecule has 0 aromatic heterocycles. The third-order valence-corrected chi connectivity index (χ3v) is 1.97. The van der Waals surface area contributed by atoms with Crippen LogP contribution in [-0.4, -0.2) is 42.3 Å². The quantitative estimate of drug-likeness (QED) is 0.693. The Kier molecular flexibility index (Phi) is 2.98. The molecule has 7 heteroatoms. The molecule has 0 aliphatic carbocycles. The van der Waals surface area contributed by atoms with Gasteiger partial charge in [-0.2, -0.15) is 8.78 Å². The van der Waals surface area contributed by atoms with Crippen molar-refractivity contribution in [3.05, 3.63) is 0 Å². The van der Waals surface area contributed by atoms with Gasteiger partial charge in [0.25, 0.3) is 0 Å². The number of nitrogens with two attached hydrogens (primary N) is 1. The van der Waals surface area contributed by atoms with Crippen molar-refractivity contribution in [2.45, 2.75) is 24.8 Å². The van der Waals surface area contributed by atoms with E-state index in [2.05, 4.69) is 0 Å². The van der Waals surface area contributed by atoms with Gasteiger partial charge >= 0.3 is 12.3 Å². The van der Waals surface area contributed by atoms with Crippen LogP contribution in [0.25, 0.3) is 0 Å². The van der Waals surface area contributed by atoms with Crippen molar-refractivity contribution < 1.29 is 22.4 Å². The van der Waals surface area contributed by atoms with Gasteiger partial charge < -0.3 is 10.6 Å². The highest BCUT2D eigenvalue weighted by Crippen LogP contribution is 2.25. The summed E-state index contributed by atoms with van der Waals surface area (Å²) >= 11 is 0. The molecule has 0 spiro atoms. The topological polar surface area (TPSA) is 46.3 Å². The Morgan fingerprint density at radius 1 is 1.57 bits per heavy atom.